The molecule has 0 unspecified atom stereocenters. The van der Waals surface area contributed by atoms with E-state index < -0.39 is 29.9 Å². The summed E-state index contributed by atoms with van der Waals surface area (Å²) in [6.07, 6.45) is 5.77. The second kappa shape index (κ2) is 9.93. The molecule has 0 saturated carbocycles. The van der Waals surface area contributed by atoms with Gasteiger partial charge in [-0.25, -0.2) is 4.98 Å². The summed E-state index contributed by atoms with van der Waals surface area (Å²) in [5.74, 6) is -0.525. The second-order valence-corrected chi connectivity index (χ2v) is 8.20. The number of nitrogens with two attached hydrogens (primary N) is 1. The van der Waals surface area contributed by atoms with Gasteiger partial charge in [0, 0.05) is 38.5 Å². The number of hydrogen-bond donors (Lipinski definition) is 3. The molecule has 3 rings (SSSR count). The minimum atomic E-state index is -0.889. The number of amides is 4. The highest BCUT2D eigenvalue weighted by Crippen LogP contribution is 2.20. The Morgan fingerprint density at radius 3 is 2.71 bits per heavy atom. The summed E-state index contributed by atoms with van der Waals surface area (Å²) in [6, 6.07) is -2.21. The normalized spacial score (nSPS) is 21.7. The molecule has 2 aliphatic rings. The Morgan fingerprint density at radius 2 is 2.10 bits per heavy atom. The Labute approximate surface area is 181 Å². The molecule has 2 saturated heterocycles. The number of hydrogen-bond acceptors (Lipinski definition) is 5. The first-order valence-electron chi connectivity index (χ1n) is 11.1. The van der Waals surface area contributed by atoms with Gasteiger partial charge in [-0.15, -0.1) is 0 Å². The van der Waals surface area contributed by atoms with E-state index in [0.29, 0.717) is 31.5 Å². The van der Waals surface area contributed by atoms with Gasteiger partial charge in [-0.3, -0.25) is 19.2 Å². The summed E-state index contributed by atoms with van der Waals surface area (Å²) < 4.78 is 2.04. The van der Waals surface area contributed by atoms with Crippen LogP contribution in [0.15, 0.2) is 6.20 Å². The van der Waals surface area contributed by atoms with Crippen LogP contribution >= 0.6 is 0 Å². The van der Waals surface area contributed by atoms with Crippen LogP contribution in [0.5, 0.6) is 0 Å². The average molecular weight is 433 g/mol. The van der Waals surface area contributed by atoms with Gasteiger partial charge in [0.2, 0.25) is 23.6 Å². The van der Waals surface area contributed by atoms with Gasteiger partial charge in [-0.05, 0) is 32.6 Å². The standard InChI is InChI=1S/C21H32N6O4/c1-3-6-17-23-13(12-26(17)4-2)11-15(25-20(30)14-8-9-18(28)24-14)21(31)27-10-5-7-16(27)19(22)29/h12,14-16H,3-11H2,1-2H3,(H2,22,29)(H,24,28)(H,25,30)/t14-,15-,16-/m0/s1. The minimum absolute atomic E-state index is 0.178. The van der Waals surface area contributed by atoms with Gasteiger partial charge in [0.15, 0.2) is 0 Å². The lowest BCUT2D eigenvalue weighted by atomic mass is 10.1. The van der Waals surface area contributed by atoms with Crippen LogP contribution in [0.3, 0.4) is 0 Å². The zero-order valence-corrected chi connectivity index (χ0v) is 18.2. The number of nitrogens with one attached hydrogen (secondary N) is 2. The van der Waals surface area contributed by atoms with Crippen LogP contribution in [0, 0.1) is 0 Å². The predicted octanol–water partition coefficient (Wildman–Crippen LogP) is -0.362. The van der Waals surface area contributed by atoms with Gasteiger partial charge in [-0.1, -0.05) is 6.92 Å². The number of aromatic nitrogens is 2. The zero-order valence-electron chi connectivity index (χ0n) is 18.2. The van der Waals surface area contributed by atoms with Crippen molar-refractivity contribution in [3.63, 3.8) is 0 Å². The Balaban J connectivity index is 1.81. The van der Waals surface area contributed by atoms with Crippen molar-refractivity contribution in [2.24, 2.45) is 5.73 Å². The molecule has 0 radical (unpaired) electrons. The highest BCUT2D eigenvalue weighted by molar-refractivity contribution is 5.95. The number of aryl methyl sites for hydroxylation is 2. The lowest BCUT2D eigenvalue weighted by molar-refractivity contribution is -0.140. The van der Waals surface area contributed by atoms with Gasteiger partial charge < -0.3 is 25.8 Å². The molecule has 2 fully saturated rings. The molecule has 3 atom stereocenters. The molecule has 3 heterocycles. The highest BCUT2D eigenvalue weighted by atomic mass is 16.2. The molecule has 0 spiro atoms. The monoisotopic (exact) mass is 432 g/mol. The van der Waals surface area contributed by atoms with Crippen molar-refractivity contribution in [3.8, 4) is 0 Å². The summed E-state index contributed by atoms with van der Waals surface area (Å²) in [5, 5.41) is 5.42. The van der Waals surface area contributed by atoms with E-state index in [9.17, 15) is 19.2 Å². The molecule has 0 aromatic carbocycles. The second-order valence-electron chi connectivity index (χ2n) is 8.20. The summed E-state index contributed by atoms with van der Waals surface area (Å²) >= 11 is 0. The Hall–Kier alpha value is -2.91. The molecule has 31 heavy (non-hydrogen) atoms. The maximum Gasteiger partial charge on any atom is 0.246 e. The maximum atomic E-state index is 13.3. The molecule has 2 aliphatic heterocycles. The van der Waals surface area contributed by atoms with Crippen LogP contribution in [0.4, 0.5) is 0 Å². The van der Waals surface area contributed by atoms with Crippen molar-refractivity contribution in [1.29, 1.82) is 0 Å². The largest absolute Gasteiger partial charge is 0.368 e. The van der Waals surface area contributed by atoms with E-state index in [0.717, 1.165) is 25.2 Å². The predicted molar refractivity (Wildman–Crippen MR) is 113 cm³/mol. The molecule has 10 heteroatoms. The van der Waals surface area contributed by atoms with E-state index in [1.807, 2.05) is 17.7 Å². The first-order valence-corrected chi connectivity index (χ1v) is 11.1. The summed E-state index contributed by atoms with van der Waals surface area (Å²) in [7, 11) is 0. The number of carbonyl (C=O) groups is 4. The Morgan fingerprint density at radius 1 is 1.32 bits per heavy atom. The number of carbonyl (C=O) groups excluding carboxylic acids is 4. The SMILES string of the molecule is CCCc1nc(C[C@H](NC(=O)[C@@H]2CCC(=O)N2)C(=O)N2CCC[C@H]2C(N)=O)cn1CC. The molecule has 1 aromatic rings. The fourth-order valence-electron chi connectivity index (χ4n) is 4.33. The number of nitrogens with zero attached hydrogens (tertiary/aromatic N) is 3. The van der Waals surface area contributed by atoms with Gasteiger partial charge in [0.05, 0.1) is 5.69 Å². The number of likely N-dealkylation sites (tertiary alicyclic amines) is 1. The van der Waals surface area contributed by atoms with Crippen molar-refractivity contribution in [2.45, 2.75) is 83.5 Å². The van der Waals surface area contributed by atoms with Crippen LogP contribution < -0.4 is 16.4 Å². The molecule has 170 valence electrons. The van der Waals surface area contributed by atoms with Gasteiger partial charge in [-0.2, -0.15) is 0 Å². The third kappa shape index (κ3) is 5.23. The first-order chi connectivity index (χ1) is 14.8. The number of imidazole rings is 1. The molecule has 1 aromatic heterocycles. The van der Waals surface area contributed by atoms with Crippen LogP contribution in [-0.2, 0) is 38.6 Å². The summed E-state index contributed by atoms with van der Waals surface area (Å²) in [6.45, 7) is 5.29. The van der Waals surface area contributed by atoms with Gasteiger partial charge in [0.25, 0.3) is 0 Å². The fourth-order valence-corrected chi connectivity index (χ4v) is 4.33. The van der Waals surface area contributed by atoms with Crippen LogP contribution in [0.2, 0.25) is 0 Å². The quantitative estimate of drug-likeness (QED) is 0.489. The smallest absolute Gasteiger partial charge is 0.246 e. The van der Waals surface area contributed by atoms with Crippen LogP contribution in [0.1, 0.15) is 57.5 Å². The van der Waals surface area contributed by atoms with Crippen LogP contribution in [0.25, 0.3) is 0 Å². The fraction of sp³-hybridized carbons (Fsp3) is 0.667. The number of rotatable bonds is 9. The third-order valence-electron chi connectivity index (χ3n) is 5.93. The van der Waals surface area contributed by atoms with E-state index >= 15 is 0 Å². The third-order valence-corrected chi connectivity index (χ3v) is 5.93. The lowest BCUT2D eigenvalue weighted by Crippen LogP contribution is -2.56. The van der Waals surface area contributed by atoms with Crippen molar-refractivity contribution < 1.29 is 19.2 Å². The molecule has 10 nitrogen and oxygen atoms in total. The van der Waals surface area contributed by atoms with E-state index in [1.165, 1.54) is 4.90 Å². The van der Waals surface area contributed by atoms with Crippen molar-refractivity contribution >= 4 is 23.6 Å². The van der Waals surface area contributed by atoms with Crippen molar-refractivity contribution in [3.05, 3.63) is 17.7 Å². The first kappa shape index (κ1) is 22.8. The molecule has 4 N–H and O–H groups in total. The summed E-state index contributed by atoms with van der Waals surface area (Å²) in [5.41, 5.74) is 6.19. The highest BCUT2D eigenvalue weighted by Gasteiger charge is 2.38. The van der Waals surface area contributed by atoms with E-state index in [2.05, 4.69) is 22.5 Å². The van der Waals surface area contributed by atoms with Crippen LogP contribution in [-0.4, -0.2) is 62.7 Å². The van der Waals surface area contributed by atoms with Crippen molar-refractivity contribution in [1.82, 2.24) is 25.1 Å². The molecule has 0 bridgehead atoms. The zero-order chi connectivity index (χ0) is 22.5. The molecular formula is C21H32N6O4. The van der Waals surface area contributed by atoms with Crippen molar-refractivity contribution in [2.75, 3.05) is 6.54 Å². The van der Waals surface area contributed by atoms with E-state index in [-0.39, 0.29) is 24.7 Å². The van der Waals surface area contributed by atoms with Gasteiger partial charge in [0.1, 0.15) is 23.9 Å². The Bertz CT molecular complexity index is 851. The summed E-state index contributed by atoms with van der Waals surface area (Å²) in [4.78, 5) is 55.5. The average Bonchev–Trinajstić information content (AvgIpc) is 3.46. The van der Waals surface area contributed by atoms with Gasteiger partial charge >= 0.3 is 0 Å². The topological polar surface area (TPSA) is 139 Å². The minimum Gasteiger partial charge on any atom is -0.368 e. The molecule has 4 amide bonds. The number of primary amides is 1. The maximum absolute atomic E-state index is 13.3. The van der Waals surface area contributed by atoms with E-state index in [4.69, 9.17) is 5.73 Å². The lowest BCUT2D eigenvalue weighted by Gasteiger charge is -2.28. The Kier molecular flexibility index (Phi) is 7.29. The molecular weight excluding hydrogens is 400 g/mol. The van der Waals surface area contributed by atoms with E-state index in [1.54, 1.807) is 0 Å². The molecule has 0 aliphatic carbocycles.